The van der Waals surface area contributed by atoms with Crippen LogP contribution in [0.15, 0.2) is 15.4 Å². The van der Waals surface area contributed by atoms with Gasteiger partial charge in [0.15, 0.2) is 5.78 Å². The largest absolute Gasteiger partial charge is 0.291 e. The van der Waals surface area contributed by atoms with Crippen LogP contribution in [0.1, 0.15) is 6.92 Å². The fourth-order valence-electron chi connectivity index (χ4n) is 0.269. The van der Waals surface area contributed by atoms with E-state index in [0.717, 1.165) is 6.21 Å². The average Bonchev–Trinajstić information content (AvgIpc) is 1.91. The second-order valence-corrected chi connectivity index (χ2v) is 2.89. The second kappa shape index (κ2) is 6.79. The molecule has 0 amide bonds. The summed E-state index contributed by atoms with van der Waals surface area (Å²) in [6.45, 7) is 2.27. The first kappa shape index (κ1) is 9.67. The minimum Gasteiger partial charge on any atom is -0.291 e. The molecule has 0 aromatic heterocycles. The maximum atomic E-state index is 10.2. The van der Waals surface area contributed by atoms with Crippen molar-refractivity contribution in [2.45, 2.75) is 6.92 Å². The highest BCUT2D eigenvalue weighted by Gasteiger charge is 1.96. The van der Waals surface area contributed by atoms with Gasteiger partial charge in [0.2, 0.25) is 0 Å². The van der Waals surface area contributed by atoms with Gasteiger partial charge in [-0.2, -0.15) is 5.11 Å². The third-order valence-corrected chi connectivity index (χ3v) is 0.543. The average molecular weight is 253 g/mol. The molecular weight excluding hydrogens is 245 g/mol. The van der Waals surface area contributed by atoms with Crippen molar-refractivity contribution in [3.05, 3.63) is 0 Å². The molecule has 1 heterocycles. The van der Waals surface area contributed by atoms with Gasteiger partial charge in [0, 0.05) is 0 Å². The Morgan fingerprint density at radius 2 is 2.40 bits per heavy atom. The Bertz CT molecular complexity index is 155. The summed E-state index contributed by atoms with van der Waals surface area (Å²) in [5, 5.41) is 9.78. The number of carbonyl (C=O) groups is 1. The van der Waals surface area contributed by atoms with E-state index >= 15 is 0 Å². The zero-order valence-corrected chi connectivity index (χ0v) is 7.78. The summed E-state index contributed by atoms with van der Waals surface area (Å²) < 4.78 is 1.22. The number of Topliss-reactive ketones (excluding diaryl/α,β-unsaturated/α-hetero) is 1. The predicted octanol–water partition coefficient (Wildman–Crippen LogP) is 1.45. The highest BCUT2D eigenvalue weighted by molar-refractivity contribution is 14.1. The van der Waals surface area contributed by atoms with Crippen LogP contribution in [0.2, 0.25) is 0 Å². The van der Waals surface area contributed by atoms with Gasteiger partial charge in [-0.3, -0.25) is 4.79 Å². The number of alkyl halides is 1. The van der Waals surface area contributed by atoms with Crippen LogP contribution in [-0.4, -0.2) is 23.0 Å². The Hall–Kier alpha value is -0.330. The van der Waals surface area contributed by atoms with Crippen LogP contribution < -0.4 is 0 Å². The molecule has 0 unspecified atom stereocenters. The van der Waals surface area contributed by atoms with E-state index in [1.807, 2.05) is 0 Å². The molecular formula is C5H8IN3O. The Kier molecular flexibility index (Phi) is 6.56. The Balaban J connectivity index is 0.000000236. The lowest BCUT2D eigenvalue weighted by Gasteiger charge is -1.86. The standard InChI is InChI=1S/C3H3N3O.C2H5I/c7-3-1-4-6-5-2-3;1-2-3/h1H,2H2;2H2,1H3. The first-order valence-electron chi connectivity index (χ1n) is 2.80. The first-order chi connectivity index (χ1) is 4.81. The van der Waals surface area contributed by atoms with Crippen molar-refractivity contribution < 1.29 is 4.79 Å². The molecule has 5 heteroatoms. The molecule has 0 bridgehead atoms. The van der Waals surface area contributed by atoms with Crippen LogP contribution in [0.4, 0.5) is 0 Å². The van der Waals surface area contributed by atoms with E-state index < -0.39 is 0 Å². The Labute approximate surface area is 72.9 Å². The van der Waals surface area contributed by atoms with Gasteiger partial charge < -0.3 is 0 Å². The van der Waals surface area contributed by atoms with Crippen LogP contribution >= 0.6 is 22.6 Å². The van der Waals surface area contributed by atoms with Crippen molar-refractivity contribution in [1.29, 1.82) is 0 Å². The number of hydrogen-bond acceptors (Lipinski definition) is 4. The lowest BCUT2D eigenvalue weighted by atomic mass is 10.4. The molecule has 0 radical (unpaired) electrons. The van der Waals surface area contributed by atoms with Crippen LogP contribution in [0.5, 0.6) is 0 Å². The highest BCUT2D eigenvalue weighted by atomic mass is 127. The third-order valence-electron chi connectivity index (χ3n) is 0.543. The molecule has 56 valence electrons. The van der Waals surface area contributed by atoms with Crippen LogP contribution in [0.3, 0.4) is 0 Å². The van der Waals surface area contributed by atoms with Crippen LogP contribution in [0, 0.1) is 0 Å². The Morgan fingerprint density at radius 1 is 1.80 bits per heavy atom. The topological polar surface area (TPSA) is 54.1 Å². The van der Waals surface area contributed by atoms with E-state index in [1.54, 1.807) is 0 Å². The lowest BCUT2D eigenvalue weighted by molar-refractivity contribution is -0.111. The summed E-state index contributed by atoms with van der Waals surface area (Å²) in [7, 11) is 0. The Morgan fingerprint density at radius 3 is 2.60 bits per heavy atom. The van der Waals surface area contributed by atoms with E-state index in [2.05, 4.69) is 45.0 Å². The van der Waals surface area contributed by atoms with E-state index in [4.69, 9.17) is 0 Å². The van der Waals surface area contributed by atoms with Gasteiger partial charge >= 0.3 is 0 Å². The first-order valence-corrected chi connectivity index (χ1v) is 4.32. The lowest BCUT2D eigenvalue weighted by Crippen LogP contribution is -2.04. The van der Waals surface area contributed by atoms with Crippen LogP contribution in [-0.2, 0) is 4.79 Å². The van der Waals surface area contributed by atoms with Gasteiger partial charge in [-0.1, -0.05) is 29.5 Å². The molecule has 0 saturated carbocycles. The van der Waals surface area contributed by atoms with E-state index in [0.29, 0.717) is 0 Å². The van der Waals surface area contributed by atoms with Gasteiger partial charge in [-0.05, 0) is 9.65 Å². The van der Waals surface area contributed by atoms with Gasteiger partial charge in [0.1, 0.15) is 6.54 Å². The van der Waals surface area contributed by atoms with Gasteiger partial charge in [-0.15, -0.1) is 5.10 Å². The summed E-state index contributed by atoms with van der Waals surface area (Å²) >= 11 is 2.29. The molecule has 0 spiro atoms. The van der Waals surface area contributed by atoms with Crippen molar-refractivity contribution in [2.75, 3.05) is 11.0 Å². The fraction of sp³-hybridized carbons (Fsp3) is 0.600. The molecule has 10 heavy (non-hydrogen) atoms. The number of rotatable bonds is 0. The number of halogens is 1. The summed E-state index contributed by atoms with van der Waals surface area (Å²) in [6, 6.07) is 0. The van der Waals surface area contributed by atoms with E-state index in [9.17, 15) is 4.79 Å². The minimum absolute atomic E-state index is 0.0880. The number of hydrogen-bond donors (Lipinski definition) is 0. The number of nitrogens with zero attached hydrogens (tertiary/aromatic N) is 3. The predicted molar refractivity (Wildman–Crippen MR) is 47.8 cm³/mol. The van der Waals surface area contributed by atoms with Crippen molar-refractivity contribution >= 4 is 34.6 Å². The van der Waals surface area contributed by atoms with Crippen molar-refractivity contribution in [3.63, 3.8) is 0 Å². The SMILES string of the molecule is CCI.O=C1C=NN=NC1. The van der Waals surface area contributed by atoms with Crippen LogP contribution in [0.25, 0.3) is 0 Å². The summed E-state index contributed by atoms with van der Waals surface area (Å²) in [6.07, 6.45) is 1.16. The van der Waals surface area contributed by atoms with Crippen molar-refractivity contribution in [3.8, 4) is 0 Å². The summed E-state index contributed by atoms with van der Waals surface area (Å²) in [5.41, 5.74) is 0. The highest BCUT2D eigenvalue weighted by Crippen LogP contribution is 1.83. The van der Waals surface area contributed by atoms with E-state index in [1.165, 1.54) is 4.43 Å². The fourth-order valence-corrected chi connectivity index (χ4v) is 0.269. The molecule has 0 fully saturated rings. The molecule has 1 aliphatic rings. The zero-order chi connectivity index (χ0) is 7.82. The molecule has 0 aliphatic carbocycles. The zero-order valence-electron chi connectivity index (χ0n) is 5.62. The van der Waals surface area contributed by atoms with Crippen molar-refractivity contribution in [2.24, 2.45) is 15.4 Å². The van der Waals surface area contributed by atoms with Gasteiger partial charge in [0.25, 0.3) is 0 Å². The van der Waals surface area contributed by atoms with E-state index in [-0.39, 0.29) is 12.3 Å². The molecule has 0 aromatic carbocycles. The summed E-state index contributed by atoms with van der Waals surface area (Å²) in [4.78, 5) is 10.2. The number of ketones is 1. The second-order valence-electron chi connectivity index (χ2n) is 1.37. The molecule has 1 rings (SSSR count). The molecule has 0 saturated heterocycles. The maximum absolute atomic E-state index is 10.2. The van der Waals surface area contributed by atoms with Gasteiger partial charge in [-0.25, -0.2) is 0 Å². The molecule has 4 nitrogen and oxygen atoms in total. The number of carbonyl (C=O) groups excluding carboxylic acids is 1. The monoisotopic (exact) mass is 253 g/mol. The normalized spacial score (nSPS) is 14.4. The third kappa shape index (κ3) is 5.80. The molecule has 0 atom stereocenters. The van der Waals surface area contributed by atoms with Crippen molar-refractivity contribution in [1.82, 2.24) is 0 Å². The molecule has 1 aliphatic heterocycles. The smallest absolute Gasteiger partial charge is 0.199 e. The summed E-state index contributed by atoms with van der Waals surface area (Å²) in [5.74, 6) is -0.0880. The maximum Gasteiger partial charge on any atom is 0.199 e. The molecule has 0 aromatic rings. The van der Waals surface area contributed by atoms with Gasteiger partial charge in [0.05, 0.1) is 6.21 Å². The quantitative estimate of drug-likeness (QED) is 0.476. The molecule has 0 N–H and O–H groups in total. The minimum atomic E-state index is -0.0880.